The van der Waals surface area contributed by atoms with E-state index >= 15 is 0 Å². The average Bonchev–Trinajstić information content (AvgIpc) is 2.59. The van der Waals surface area contributed by atoms with Crippen molar-refractivity contribution in [1.29, 1.82) is 0 Å². The highest BCUT2D eigenvalue weighted by Crippen LogP contribution is 2.17. The summed E-state index contributed by atoms with van der Waals surface area (Å²) in [5.74, 6) is 1.12. The second-order valence-electron chi connectivity index (χ2n) is 3.80. The molecule has 2 rings (SSSR count). The fourth-order valence-electron chi connectivity index (χ4n) is 1.40. The molecule has 0 amide bonds. The van der Waals surface area contributed by atoms with Crippen molar-refractivity contribution < 1.29 is 4.42 Å². The number of aromatic nitrogens is 3. The summed E-state index contributed by atoms with van der Waals surface area (Å²) in [7, 11) is 0. The van der Waals surface area contributed by atoms with Crippen molar-refractivity contribution in [2.45, 2.75) is 26.8 Å². The molecular formula is C10H15N5O. The minimum absolute atomic E-state index is 0.126. The summed E-state index contributed by atoms with van der Waals surface area (Å²) < 4.78 is 5.37. The zero-order valence-corrected chi connectivity index (χ0v) is 9.61. The van der Waals surface area contributed by atoms with Crippen LogP contribution < -0.4 is 11.1 Å². The largest absolute Gasteiger partial charge is 0.422 e. The van der Waals surface area contributed by atoms with Crippen molar-refractivity contribution >= 4 is 17.2 Å². The van der Waals surface area contributed by atoms with Gasteiger partial charge in [0.15, 0.2) is 11.4 Å². The Bertz CT molecular complexity index is 507. The first-order chi connectivity index (χ1) is 7.60. The standard InChI is InChI=1S/C10H15N5O/c1-5(4-11)12-10-13-6(2)8-9(15-10)16-7(3)14-8/h5H,4,11H2,1-3H3,(H,12,13,15). The Kier molecular flexibility index (Phi) is 2.74. The first kappa shape index (κ1) is 10.8. The monoisotopic (exact) mass is 221 g/mol. The summed E-state index contributed by atoms with van der Waals surface area (Å²) in [4.78, 5) is 12.7. The molecule has 0 radical (unpaired) electrons. The van der Waals surface area contributed by atoms with Crippen molar-refractivity contribution in [2.75, 3.05) is 11.9 Å². The van der Waals surface area contributed by atoms with Crippen LogP contribution in [0.1, 0.15) is 18.5 Å². The van der Waals surface area contributed by atoms with E-state index in [0.29, 0.717) is 29.6 Å². The maximum absolute atomic E-state index is 5.52. The Morgan fingerprint density at radius 1 is 1.31 bits per heavy atom. The van der Waals surface area contributed by atoms with Gasteiger partial charge in [-0.15, -0.1) is 0 Å². The van der Waals surface area contributed by atoms with Crippen LogP contribution in [0.25, 0.3) is 11.2 Å². The Balaban J connectivity index is 2.41. The fourth-order valence-corrected chi connectivity index (χ4v) is 1.40. The number of nitrogens with one attached hydrogen (secondary N) is 1. The van der Waals surface area contributed by atoms with Crippen LogP contribution in [0.5, 0.6) is 0 Å². The molecule has 0 saturated carbocycles. The quantitative estimate of drug-likeness (QED) is 0.803. The molecule has 86 valence electrons. The topological polar surface area (TPSA) is 89.9 Å². The lowest BCUT2D eigenvalue weighted by molar-refractivity contribution is 0.551. The minimum Gasteiger partial charge on any atom is -0.422 e. The first-order valence-electron chi connectivity index (χ1n) is 5.18. The molecule has 0 aliphatic rings. The highest BCUT2D eigenvalue weighted by atomic mass is 16.4. The SMILES string of the molecule is Cc1nc2c(C)nc(NC(C)CN)nc2o1. The third kappa shape index (κ3) is 1.96. The van der Waals surface area contributed by atoms with Gasteiger partial charge in [0, 0.05) is 19.5 Å². The van der Waals surface area contributed by atoms with Gasteiger partial charge in [-0.2, -0.15) is 4.98 Å². The molecule has 0 saturated heterocycles. The summed E-state index contributed by atoms with van der Waals surface area (Å²) in [5, 5.41) is 3.10. The van der Waals surface area contributed by atoms with E-state index in [2.05, 4.69) is 20.3 Å². The Morgan fingerprint density at radius 2 is 2.06 bits per heavy atom. The summed E-state index contributed by atoms with van der Waals surface area (Å²) >= 11 is 0. The van der Waals surface area contributed by atoms with E-state index in [1.54, 1.807) is 6.92 Å². The van der Waals surface area contributed by atoms with Crippen molar-refractivity contribution in [3.05, 3.63) is 11.6 Å². The van der Waals surface area contributed by atoms with Gasteiger partial charge in [0.2, 0.25) is 5.95 Å². The minimum atomic E-state index is 0.126. The summed E-state index contributed by atoms with van der Waals surface area (Å²) in [6.45, 7) is 6.16. The van der Waals surface area contributed by atoms with E-state index in [1.165, 1.54) is 0 Å². The number of oxazole rings is 1. The number of fused-ring (bicyclic) bond motifs is 1. The van der Waals surface area contributed by atoms with Crippen LogP contribution >= 0.6 is 0 Å². The third-order valence-corrected chi connectivity index (χ3v) is 2.27. The number of aryl methyl sites for hydroxylation is 2. The van der Waals surface area contributed by atoms with Crippen LogP contribution in [0.2, 0.25) is 0 Å². The van der Waals surface area contributed by atoms with E-state index in [0.717, 1.165) is 5.69 Å². The van der Waals surface area contributed by atoms with Crippen molar-refractivity contribution in [2.24, 2.45) is 5.73 Å². The zero-order chi connectivity index (χ0) is 11.7. The Hall–Kier alpha value is -1.69. The molecule has 16 heavy (non-hydrogen) atoms. The molecule has 2 aromatic heterocycles. The molecule has 6 heteroatoms. The van der Waals surface area contributed by atoms with E-state index in [4.69, 9.17) is 10.2 Å². The van der Waals surface area contributed by atoms with Gasteiger partial charge >= 0.3 is 0 Å². The molecule has 3 N–H and O–H groups in total. The number of nitrogens with zero attached hydrogens (tertiary/aromatic N) is 3. The van der Waals surface area contributed by atoms with E-state index in [1.807, 2.05) is 13.8 Å². The van der Waals surface area contributed by atoms with Gasteiger partial charge in [0.25, 0.3) is 5.71 Å². The smallest absolute Gasteiger partial charge is 0.252 e. The molecule has 1 atom stereocenters. The predicted octanol–water partition coefficient (Wildman–Crippen LogP) is 0.994. The molecular weight excluding hydrogens is 206 g/mol. The molecule has 6 nitrogen and oxygen atoms in total. The summed E-state index contributed by atoms with van der Waals surface area (Å²) in [6.07, 6.45) is 0. The summed E-state index contributed by atoms with van der Waals surface area (Å²) in [6, 6.07) is 0.126. The molecule has 1 unspecified atom stereocenters. The lowest BCUT2D eigenvalue weighted by atomic mass is 10.3. The van der Waals surface area contributed by atoms with Gasteiger partial charge < -0.3 is 15.5 Å². The lowest BCUT2D eigenvalue weighted by Crippen LogP contribution is -2.26. The number of nitrogens with two attached hydrogens (primary N) is 1. The van der Waals surface area contributed by atoms with Gasteiger partial charge in [0.1, 0.15) is 0 Å². The van der Waals surface area contributed by atoms with E-state index < -0.39 is 0 Å². The van der Waals surface area contributed by atoms with Crippen LogP contribution in [0.4, 0.5) is 5.95 Å². The van der Waals surface area contributed by atoms with Crippen molar-refractivity contribution in [1.82, 2.24) is 15.0 Å². The maximum atomic E-state index is 5.52. The van der Waals surface area contributed by atoms with Gasteiger partial charge in [-0.05, 0) is 13.8 Å². The molecule has 0 aliphatic heterocycles. The maximum Gasteiger partial charge on any atom is 0.252 e. The number of anilines is 1. The van der Waals surface area contributed by atoms with Gasteiger partial charge in [-0.3, -0.25) is 0 Å². The molecule has 0 bridgehead atoms. The van der Waals surface area contributed by atoms with Gasteiger partial charge in [0.05, 0.1) is 5.69 Å². The number of hydrogen-bond donors (Lipinski definition) is 2. The lowest BCUT2D eigenvalue weighted by Gasteiger charge is -2.10. The van der Waals surface area contributed by atoms with Crippen LogP contribution in [0.3, 0.4) is 0 Å². The predicted molar refractivity (Wildman–Crippen MR) is 61.2 cm³/mol. The van der Waals surface area contributed by atoms with E-state index in [9.17, 15) is 0 Å². The summed E-state index contributed by atoms with van der Waals surface area (Å²) in [5.41, 5.74) is 7.54. The highest BCUT2D eigenvalue weighted by molar-refractivity contribution is 5.72. The van der Waals surface area contributed by atoms with Crippen LogP contribution in [0, 0.1) is 13.8 Å². The highest BCUT2D eigenvalue weighted by Gasteiger charge is 2.11. The fraction of sp³-hybridized carbons (Fsp3) is 0.500. The molecule has 0 spiro atoms. The van der Waals surface area contributed by atoms with Crippen molar-refractivity contribution in [3.63, 3.8) is 0 Å². The van der Waals surface area contributed by atoms with E-state index in [-0.39, 0.29) is 6.04 Å². The second-order valence-corrected chi connectivity index (χ2v) is 3.80. The molecule has 2 heterocycles. The second kappa shape index (κ2) is 4.05. The molecule has 2 aromatic rings. The normalized spacial score (nSPS) is 13.0. The number of hydrogen-bond acceptors (Lipinski definition) is 6. The Morgan fingerprint density at radius 3 is 2.75 bits per heavy atom. The first-order valence-corrected chi connectivity index (χ1v) is 5.18. The number of rotatable bonds is 3. The molecule has 0 aliphatic carbocycles. The molecule has 0 aromatic carbocycles. The van der Waals surface area contributed by atoms with Gasteiger partial charge in [-0.1, -0.05) is 0 Å². The van der Waals surface area contributed by atoms with Crippen molar-refractivity contribution in [3.8, 4) is 0 Å². The van der Waals surface area contributed by atoms with Gasteiger partial charge in [-0.25, -0.2) is 9.97 Å². The zero-order valence-electron chi connectivity index (χ0n) is 9.61. The molecule has 0 fully saturated rings. The average molecular weight is 221 g/mol. The van der Waals surface area contributed by atoms with Crippen LogP contribution in [-0.4, -0.2) is 27.5 Å². The van der Waals surface area contributed by atoms with Crippen LogP contribution in [-0.2, 0) is 0 Å². The van der Waals surface area contributed by atoms with Crippen LogP contribution in [0.15, 0.2) is 4.42 Å². The Labute approximate surface area is 93.3 Å². The third-order valence-electron chi connectivity index (χ3n) is 2.27.